The number of aromatic nitrogens is 4. The van der Waals surface area contributed by atoms with Crippen molar-refractivity contribution in [2.24, 2.45) is 17.3 Å². The van der Waals surface area contributed by atoms with Crippen LogP contribution < -0.4 is 5.32 Å². The van der Waals surface area contributed by atoms with Crippen molar-refractivity contribution < 1.29 is 27.3 Å². The van der Waals surface area contributed by atoms with E-state index in [0.717, 1.165) is 36.8 Å². The normalized spacial score (nSPS) is 27.6. The number of nitrogens with one attached hydrogen (secondary N) is 1. The third-order valence-electron chi connectivity index (χ3n) is 8.40. The number of hydrogen-bond donors (Lipinski definition) is 1. The molecule has 9 nitrogen and oxygen atoms in total. The quantitative estimate of drug-likeness (QED) is 0.153. The van der Waals surface area contributed by atoms with Crippen molar-refractivity contribution in [1.82, 2.24) is 19.6 Å². The van der Waals surface area contributed by atoms with Crippen LogP contribution in [0.5, 0.6) is 0 Å². The van der Waals surface area contributed by atoms with Crippen LogP contribution >= 0.6 is 0 Å². The summed E-state index contributed by atoms with van der Waals surface area (Å²) in [5, 5.41) is 22.3. The molecule has 13 heteroatoms. The number of carbonyl (C=O) groups is 1. The van der Waals surface area contributed by atoms with Gasteiger partial charge in [-0.15, -0.1) is 0 Å². The standard InChI is InChI=1S/C25H24F4N6O3/c26-19-2-20(27)23(29)22(28)18(19)12-33-10-16(8-30-33)32-21(36)7-24-3-14-1-15(4-24)6-25(5-14,13-24)34-11-17(9-31-34)35(37)38/h2,8-11,14-15H,1,3-7,12-13H2,(H,32,36). The van der Waals surface area contributed by atoms with Crippen molar-refractivity contribution in [1.29, 1.82) is 0 Å². The Morgan fingerprint density at radius 2 is 1.79 bits per heavy atom. The van der Waals surface area contributed by atoms with E-state index in [4.69, 9.17) is 0 Å². The van der Waals surface area contributed by atoms with Gasteiger partial charge in [-0.25, -0.2) is 17.6 Å². The first kappa shape index (κ1) is 24.6. The Morgan fingerprint density at radius 3 is 2.47 bits per heavy atom. The summed E-state index contributed by atoms with van der Waals surface area (Å²) >= 11 is 0. The Morgan fingerprint density at radius 1 is 1.05 bits per heavy atom. The number of halogens is 4. The van der Waals surface area contributed by atoms with E-state index >= 15 is 0 Å². The molecule has 2 atom stereocenters. The summed E-state index contributed by atoms with van der Waals surface area (Å²) in [4.78, 5) is 23.9. The van der Waals surface area contributed by atoms with Crippen LogP contribution in [0.2, 0.25) is 0 Å². The van der Waals surface area contributed by atoms with Crippen LogP contribution in [0, 0.1) is 50.6 Å². The second-order valence-corrected chi connectivity index (χ2v) is 11.2. The van der Waals surface area contributed by atoms with E-state index in [1.165, 1.54) is 24.8 Å². The molecule has 0 aliphatic heterocycles. The van der Waals surface area contributed by atoms with E-state index < -0.39 is 40.3 Å². The van der Waals surface area contributed by atoms with Gasteiger partial charge in [0.15, 0.2) is 17.5 Å². The highest BCUT2D eigenvalue weighted by molar-refractivity contribution is 5.91. The van der Waals surface area contributed by atoms with E-state index in [2.05, 4.69) is 15.5 Å². The Bertz CT molecular complexity index is 1440. The number of hydrogen-bond acceptors (Lipinski definition) is 5. The van der Waals surface area contributed by atoms with E-state index in [0.29, 0.717) is 23.9 Å². The molecule has 2 aromatic heterocycles. The zero-order chi connectivity index (χ0) is 26.8. The summed E-state index contributed by atoms with van der Waals surface area (Å²) < 4.78 is 57.7. The topological polar surface area (TPSA) is 108 Å². The minimum Gasteiger partial charge on any atom is -0.323 e. The van der Waals surface area contributed by atoms with Gasteiger partial charge in [0.1, 0.15) is 18.2 Å². The number of rotatable bonds is 7. The maximum absolute atomic E-state index is 14.0. The van der Waals surface area contributed by atoms with Crippen LogP contribution in [0.4, 0.5) is 28.9 Å². The van der Waals surface area contributed by atoms with Crippen LogP contribution in [0.15, 0.2) is 30.9 Å². The molecule has 38 heavy (non-hydrogen) atoms. The second kappa shape index (κ2) is 8.63. The third-order valence-corrected chi connectivity index (χ3v) is 8.40. The fourth-order valence-electron chi connectivity index (χ4n) is 7.51. The van der Waals surface area contributed by atoms with Gasteiger partial charge in [-0.1, -0.05) is 0 Å². The van der Waals surface area contributed by atoms with Gasteiger partial charge in [-0.2, -0.15) is 10.2 Å². The number of nitrogens with zero attached hydrogens (tertiary/aromatic N) is 5. The molecular weight excluding hydrogens is 508 g/mol. The highest BCUT2D eigenvalue weighted by atomic mass is 19.2. The lowest BCUT2D eigenvalue weighted by atomic mass is 9.46. The molecule has 0 spiro atoms. The molecule has 1 aromatic carbocycles. The zero-order valence-corrected chi connectivity index (χ0v) is 20.2. The monoisotopic (exact) mass is 532 g/mol. The van der Waals surface area contributed by atoms with Gasteiger partial charge >= 0.3 is 5.69 Å². The van der Waals surface area contributed by atoms with Gasteiger partial charge in [-0.3, -0.25) is 24.3 Å². The van der Waals surface area contributed by atoms with Crippen LogP contribution in [0.3, 0.4) is 0 Å². The molecule has 4 bridgehead atoms. The summed E-state index contributed by atoms with van der Waals surface area (Å²) in [6, 6.07) is 0.277. The summed E-state index contributed by atoms with van der Waals surface area (Å²) in [7, 11) is 0. The average molecular weight is 532 g/mol. The van der Waals surface area contributed by atoms with Crippen molar-refractivity contribution in [3.8, 4) is 0 Å². The molecule has 0 radical (unpaired) electrons. The fraction of sp³-hybridized carbons (Fsp3) is 0.480. The molecule has 200 valence electrons. The van der Waals surface area contributed by atoms with Gasteiger partial charge in [-0.05, 0) is 55.8 Å². The summed E-state index contributed by atoms with van der Waals surface area (Å²) in [6.45, 7) is -0.490. The largest absolute Gasteiger partial charge is 0.323 e. The summed E-state index contributed by atoms with van der Waals surface area (Å²) in [5.41, 5.74) is -1.03. The number of nitro groups is 1. The van der Waals surface area contributed by atoms with Gasteiger partial charge in [0.25, 0.3) is 0 Å². The predicted octanol–water partition coefficient (Wildman–Crippen LogP) is 4.92. The van der Waals surface area contributed by atoms with Crippen molar-refractivity contribution in [3.63, 3.8) is 0 Å². The molecule has 4 fully saturated rings. The van der Waals surface area contributed by atoms with Gasteiger partial charge in [0, 0.05) is 24.2 Å². The number of benzene rings is 1. The lowest BCUT2D eigenvalue weighted by Crippen LogP contribution is -2.57. The molecule has 4 saturated carbocycles. The zero-order valence-electron chi connectivity index (χ0n) is 20.2. The Hall–Kier alpha value is -3.77. The molecule has 1 N–H and O–H groups in total. The first-order chi connectivity index (χ1) is 18.0. The number of carbonyl (C=O) groups excluding carboxylic acids is 1. The average Bonchev–Trinajstić information content (AvgIpc) is 3.50. The number of amides is 1. The summed E-state index contributed by atoms with van der Waals surface area (Å²) in [5.74, 6) is -5.65. The minimum absolute atomic E-state index is 0.0484. The lowest BCUT2D eigenvalue weighted by Gasteiger charge is -2.61. The molecule has 4 aliphatic carbocycles. The van der Waals surface area contributed by atoms with Crippen molar-refractivity contribution in [2.45, 2.75) is 57.0 Å². The van der Waals surface area contributed by atoms with Crippen LogP contribution in [-0.4, -0.2) is 30.4 Å². The van der Waals surface area contributed by atoms with Gasteiger partial charge in [0.2, 0.25) is 5.91 Å². The predicted molar refractivity (Wildman–Crippen MR) is 125 cm³/mol. The molecule has 2 unspecified atom stereocenters. The van der Waals surface area contributed by atoms with E-state index in [9.17, 15) is 32.5 Å². The van der Waals surface area contributed by atoms with E-state index in [-0.39, 0.29) is 35.0 Å². The first-order valence-corrected chi connectivity index (χ1v) is 12.4. The van der Waals surface area contributed by atoms with Crippen molar-refractivity contribution in [2.75, 3.05) is 5.32 Å². The van der Waals surface area contributed by atoms with Crippen molar-refractivity contribution >= 4 is 17.3 Å². The fourth-order valence-corrected chi connectivity index (χ4v) is 7.51. The highest BCUT2D eigenvalue weighted by Crippen LogP contribution is 2.65. The van der Waals surface area contributed by atoms with E-state index in [1.807, 2.05) is 0 Å². The Kier molecular flexibility index (Phi) is 5.58. The van der Waals surface area contributed by atoms with Gasteiger partial charge in [0.05, 0.1) is 28.9 Å². The van der Waals surface area contributed by atoms with E-state index in [1.54, 1.807) is 4.68 Å². The van der Waals surface area contributed by atoms with Crippen molar-refractivity contribution in [3.05, 3.63) is 69.8 Å². The third kappa shape index (κ3) is 4.13. The Balaban J connectivity index is 1.16. The van der Waals surface area contributed by atoms with Gasteiger partial charge < -0.3 is 5.32 Å². The Labute approximate surface area is 214 Å². The maximum atomic E-state index is 14.0. The molecule has 2 heterocycles. The van der Waals surface area contributed by atoms with Crippen LogP contribution in [-0.2, 0) is 16.9 Å². The molecule has 1 amide bonds. The smallest absolute Gasteiger partial charge is 0.307 e. The molecule has 0 saturated heterocycles. The molecular formula is C25H24F4N6O3. The lowest BCUT2D eigenvalue weighted by molar-refractivity contribution is -0.385. The maximum Gasteiger partial charge on any atom is 0.307 e. The summed E-state index contributed by atoms with van der Waals surface area (Å²) in [6.07, 6.45) is 11.0. The van der Waals surface area contributed by atoms with Crippen LogP contribution in [0.25, 0.3) is 0 Å². The SMILES string of the molecule is O=C(CC12CC3CC(C1)CC(n1cc([N+](=O)[O-])cn1)(C3)C2)Nc1cnn(Cc2c(F)cc(F)c(F)c2F)c1. The number of anilines is 1. The van der Waals surface area contributed by atoms with Crippen LogP contribution in [0.1, 0.15) is 50.5 Å². The highest BCUT2D eigenvalue weighted by Gasteiger charge is 2.59. The minimum atomic E-state index is -1.76. The molecule has 7 rings (SSSR count). The first-order valence-electron chi connectivity index (χ1n) is 12.4. The second-order valence-electron chi connectivity index (χ2n) is 11.2. The molecule has 3 aromatic rings. The molecule has 4 aliphatic rings.